The van der Waals surface area contributed by atoms with E-state index in [2.05, 4.69) is 15.0 Å². The molecule has 5 heteroatoms. The quantitative estimate of drug-likeness (QED) is 0.595. The third-order valence-corrected chi connectivity index (χ3v) is 3.12. The molecule has 0 spiro atoms. The first-order chi connectivity index (χ1) is 10.8. The number of hydrogen-bond donors (Lipinski definition) is 1. The van der Waals surface area contributed by atoms with Crippen molar-refractivity contribution in [2.75, 3.05) is 5.73 Å². The number of rotatable bonds is 3. The maximum atomic E-state index is 5.32. The molecular formula is C17H16N4S. The summed E-state index contributed by atoms with van der Waals surface area (Å²) in [5.74, 6) is 0. The number of pyridine rings is 3. The normalized spacial score (nSPS) is 9.45. The lowest BCUT2D eigenvalue weighted by Gasteiger charge is -2.02. The minimum absolute atomic E-state index is 0.745. The molecule has 2 N–H and O–H groups in total. The second-order valence-electron chi connectivity index (χ2n) is 4.45. The van der Waals surface area contributed by atoms with Crippen LogP contribution in [0.2, 0.25) is 0 Å². The minimum atomic E-state index is 0.745. The molecule has 0 amide bonds. The van der Waals surface area contributed by atoms with Gasteiger partial charge in [-0.25, -0.2) is 0 Å². The van der Waals surface area contributed by atoms with Gasteiger partial charge in [-0.2, -0.15) is 0 Å². The topological polar surface area (TPSA) is 64.7 Å². The smallest absolute Gasteiger partial charge is 0.0772 e. The van der Waals surface area contributed by atoms with Crippen LogP contribution in [-0.2, 0) is 6.42 Å². The molecular weight excluding hydrogens is 292 g/mol. The van der Waals surface area contributed by atoms with Crippen molar-refractivity contribution in [2.24, 2.45) is 0 Å². The Morgan fingerprint density at radius 3 is 2.00 bits per heavy atom. The van der Waals surface area contributed by atoms with Gasteiger partial charge in [0.1, 0.15) is 0 Å². The average Bonchev–Trinajstić information content (AvgIpc) is 2.58. The van der Waals surface area contributed by atoms with Crippen molar-refractivity contribution in [3.05, 3.63) is 84.7 Å². The van der Waals surface area contributed by atoms with Crippen LogP contribution in [0.15, 0.2) is 73.4 Å². The van der Waals surface area contributed by atoms with E-state index in [1.807, 2.05) is 30.3 Å². The Labute approximate surface area is 135 Å². The van der Waals surface area contributed by atoms with Gasteiger partial charge in [-0.15, -0.1) is 0 Å². The van der Waals surface area contributed by atoms with Gasteiger partial charge in [0.05, 0.1) is 5.69 Å². The van der Waals surface area contributed by atoms with Gasteiger partial charge < -0.3 is 5.73 Å². The summed E-state index contributed by atoms with van der Waals surface area (Å²) < 4.78 is 0. The lowest BCUT2D eigenvalue weighted by Crippen LogP contribution is -2.03. The molecule has 0 saturated heterocycles. The number of nitrogen functional groups attached to an aromatic ring is 1. The summed E-state index contributed by atoms with van der Waals surface area (Å²) >= 11 is 5.32. The highest BCUT2D eigenvalue weighted by Crippen LogP contribution is 2.05. The fourth-order valence-electron chi connectivity index (χ4n) is 1.67. The molecule has 0 aliphatic carbocycles. The Hall–Kier alpha value is -2.66. The molecule has 4 nitrogen and oxygen atoms in total. The highest BCUT2D eigenvalue weighted by atomic mass is 32.1. The first kappa shape index (κ1) is 15.7. The summed E-state index contributed by atoms with van der Waals surface area (Å²) in [4.78, 5) is 12.8. The Balaban J connectivity index is 0.000000211. The molecule has 3 heterocycles. The summed E-state index contributed by atoms with van der Waals surface area (Å²) in [6.45, 7) is 0. The number of aromatic nitrogens is 3. The van der Waals surface area contributed by atoms with Crippen molar-refractivity contribution in [2.45, 2.75) is 6.42 Å². The van der Waals surface area contributed by atoms with E-state index in [0.29, 0.717) is 0 Å². The molecule has 0 aliphatic rings. The predicted molar refractivity (Wildman–Crippen MR) is 92.5 cm³/mol. The third kappa shape index (κ3) is 5.38. The van der Waals surface area contributed by atoms with E-state index in [1.54, 1.807) is 43.1 Å². The van der Waals surface area contributed by atoms with E-state index < -0.39 is 0 Å². The standard InChI is InChI=1S/C12H10N2S.C5H6N2/c15-12(11-3-1-2-6-14-11)9-10-4-7-13-8-5-10;6-5-1-3-7-4-2-5/h1-8H,9H2;1-4H,(H2,6,7). The molecule has 0 atom stereocenters. The van der Waals surface area contributed by atoms with Crippen LogP contribution in [0.1, 0.15) is 11.3 Å². The maximum absolute atomic E-state index is 5.32. The summed E-state index contributed by atoms with van der Waals surface area (Å²) in [6, 6.07) is 13.2. The molecule has 3 rings (SSSR count). The highest BCUT2D eigenvalue weighted by molar-refractivity contribution is 7.80. The second-order valence-corrected chi connectivity index (χ2v) is 4.94. The third-order valence-electron chi connectivity index (χ3n) is 2.77. The van der Waals surface area contributed by atoms with E-state index in [9.17, 15) is 0 Å². The summed E-state index contributed by atoms with van der Waals surface area (Å²) in [5.41, 5.74) is 8.12. The van der Waals surface area contributed by atoms with E-state index in [4.69, 9.17) is 18.0 Å². The molecule has 0 saturated carbocycles. The van der Waals surface area contributed by atoms with Crippen molar-refractivity contribution in [3.63, 3.8) is 0 Å². The fraction of sp³-hybridized carbons (Fsp3) is 0.0588. The van der Waals surface area contributed by atoms with Crippen LogP contribution in [-0.4, -0.2) is 19.8 Å². The average molecular weight is 308 g/mol. The Morgan fingerprint density at radius 2 is 1.50 bits per heavy atom. The number of nitrogens with zero attached hydrogens (tertiary/aromatic N) is 3. The van der Waals surface area contributed by atoms with Crippen molar-refractivity contribution in [1.29, 1.82) is 0 Å². The van der Waals surface area contributed by atoms with Crippen LogP contribution in [0.3, 0.4) is 0 Å². The molecule has 0 aliphatic heterocycles. The zero-order chi connectivity index (χ0) is 15.6. The molecule has 0 unspecified atom stereocenters. The number of nitrogens with two attached hydrogens (primary N) is 1. The second kappa shape index (κ2) is 8.59. The van der Waals surface area contributed by atoms with Crippen molar-refractivity contribution < 1.29 is 0 Å². The first-order valence-electron chi connectivity index (χ1n) is 6.74. The van der Waals surface area contributed by atoms with E-state index in [1.165, 1.54) is 5.56 Å². The van der Waals surface area contributed by atoms with Gasteiger partial charge >= 0.3 is 0 Å². The van der Waals surface area contributed by atoms with Crippen LogP contribution in [0.5, 0.6) is 0 Å². The SMILES string of the molecule is Nc1ccncc1.S=C(Cc1ccncc1)c1ccccn1. The predicted octanol–water partition coefficient (Wildman–Crippen LogP) is 3.10. The molecule has 3 aromatic heterocycles. The molecule has 22 heavy (non-hydrogen) atoms. The van der Waals surface area contributed by atoms with E-state index in [0.717, 1.165) is 22.7 Å². The van der Waals surface area contributed by atoms with Gasteiger partial charge in [-0.1, -0.05) is 18.3 Å². The van der Waals surface area contributed by atoms with Gasteiger partial charge in [0.15, 0.2) is 0 Å². The zero-order valence-corrected chi connectivity index (χ0v) is 12.8. The van der Waals surface area contributed by atoms with Crippen LogP contribution < -0.4 is 5.73 Å². The molecule has 0 aromatic carbocycles. The largest absolute Gasteiger partial charge is 0.399 e. The van der Waals surface area contributed by atoms with E-state index >= 15 is 0 Å². The van der Waals surface area contributed by atoms with Gasteiger partial charge in [0.25, 0.3) is 0 Å². The highest BCUT2D eigenvalue weighted by Gasteiger charge is 2.02. The van der Waals surface area contributed by atoms with Crippen molar-refractivity contribution in [1.82, 2.24) is 15.0 Å². The lowest BCUT2D eigenvalue weighted by atomic mass is 10.1. The van der Waals surface area contributed by atoms with Gasteiger partial charge in [0.2, 0.25) is 0 Å². The Kier molecular flexibility index (Phi) is 6.14. The van der Waals surface area contributed by atoms with Crippen molar-refractivity contribution >= 4 is 22.8 Å². The number of thiocarbonyl (C=S) groups is 1. The number of anilines is 1. The summed E-state index contributed by atoms with van der Waals surface area (Å²) in [6.07, 6.45) is 9.38. The number of hydrogen-bond acceptors (Lipinski definition) is 5. The van der Waals surface area contributed by atoms with Gasteiger partial charge in [-0.05, 0) is 42.0 Å². The molecule has 0 fully saturated rings. The summed E-state index contributed by atoms with van der Waals surface area (Å²) in [5, 5.41) is 0. The van der Waals surface area contributed by atoms with E-state index in [-0.39, 0.29) is 0 Å². The molecule has 3 aromatic rings. The minimum Gasteiger partial charge on any atom is -0.399 e. The fourth-order valence-corrected chi connectivity index (χ4v) is 1.96. The molecule has 0 radical (unpaired) electrons. The van der Waals surface area contributed by atoms with Gasteiger partial charge in [-0.3, -0.25) is 15.0 Å². The Bertz CT molecular complexity index is 688. The Morgan fingerprint density at radius 1 is 0.864 bits per heavy atom. The van der Waals surface area contributed by atoms with Gasteiger partial charge in [0, 0.05) is 48.0 Å². The van der Waals surface area contributed by atoms with Crippen LogP contribution in [0.25, 0.3) is 0 Å². The zero-order valence-electron chi connectivity index (χ0n) is 12.0. The van der Waals surface area contributed by atoms with Crippen LogP contribution in [0.4, 0.5) is 5.69 Å². The van der Waals surface area contributed by atoms with Crippen LogP contribution >= 0.6 is 12.2 Å². The summed E-state index contributed by atoms with van der Waals surface area (Å²) in [7, 11) is 0. The molecule has 110 valence electrons. The lowest BCUT2D eigenvalue weighted by molar-refractivity contribution is 1.23. The molecule has 0 bridgehead atoms. The van der Waals surface area contributed by atoms with Crippen molar-refractivity contribution in [3.8, 4) is 0 Å². The monoisotopic (exact) mass is 308 g/mol. The van der Waals surface area contributed by atoms with Crippen LogP contribution in [0, 0.1) is 0 Å². The first-order valence-corrected chi connectivity index (χ1v) is 7.15. The maximum Gasteiger partial charge on any atom is 0.0772 e.